The van der Waals surface area contributed by atoms with Gasteiger partial charge in [-0.05, 0) is 74.8 Å². The van der Waals surface area contributed by atoms with E-state index >= 15 is 0 Å². The van der Waals surface area contributed by atoms with E-state index in [4.69, 9.17) is 9.47 Å². The maximum absolute atomic E-state index is 12.3. The number of carbonyl (C=O) groups excluding carboxylic acids is 1. The molecule has 2 aliphatic carbocycles. The zero-order valence-corrected chi connectivity index (χ0v) is 19.8. The summed E-state index contributed by atoms with van der Waals surface area (Å²) < 4.78 is 11.3. The molecule has 0 saturated heterocycles. The predicted molar refractivity (Wildman–Crippen MR) is 132 cm³/mol. The molecular weight excluding hydrogens is 426 g/mol. The quantitative estimate of drug-likeness (QED) is 0.521. The Hall–Kier alpha value is -3.20. The Morgan fingerprint density at radius 3 is 2.44 bits per heavy atom. The van der Waals surface area contributed by atoms with E-state index in [1.807, 2.05) is 37.3 Å². The van der Waals surface area contributed by atoms with E-state index in [1.165, 1.54) is 12.8 Å². The lowest BCUT2D eigenvalue weighted by atomic mass is 9.91. The zero-order chi connectivity index (χ0) is 23.5. The zero-order valence-electron chi connectivity index (χ0n) is 19.8. The Labute approximate surface area is 201 Å². The molecule has 6 heteroatoms. The number of carbonyl (C=O) groups is 1. The number of hydrogen-bond acceptors (Lipinski definition) is 5. The molecule has 6 nitrogen and oxygen atoms in total. The molecule has 0 radical (unpaired) electrons. The molecule has 2 atom stereocenters. The van der Waals surface area contributed by atoms with E-state index in [1.54, 1.807) is 0 Å². The number of nitriles is 1. The highest BCUT2D eigenvalue weighted by molar-refractivity contribution is 5.84. The third-order valence-corrected chi connectivity index (χ3v) is 7.47. The van der Waals surface area contributed by atoms with Gasteiger partial charge in [0.05, 0.1) is 24.6 Å². The molecule has 2 unspecified atom stereocenters. The first-order chi connectivity index (χ1) is 16.7. The summed E-state index contributed by atoms with van der Waals surface area (Å²) in [6, 6.07) is 17.0. The van der Waals surface area contributed by atoms with E-state index in [9.17, 15) is 10.1 Å². The third kappa shape index (κ3) is 4.44. The molecule has 2 aromatic rings. The summed E-state index contributed by atoms with van der Waals surface area (Å²) in [5.41, 5.74) is 3.99. The molecule has 178 valence electrons. The van der Waals surface area contributed by atoms with Crippen molar-refractivity contribution in [1.82, 2.24) is 0 Å². The van der Waals surface area contributed by atoms with Crippen molar-refractivity contribution in [3.63, 3.8) is 0 Å². The van der Waals surface area contributed by atoms with E-state index in [0.29, 0.717) is 18.3 Å². The average molecular weight is 460 g/mol. The summed E-state index contributed by atoms with van der Waals surface area (Å²) in [5, 5.41) is 13.1. The summed E-state index contributed by atoms with van der Waals surface area (Å²) in [6.07, 6.45) is 8.51. The van der Waals surface area contributed by atoms with Gasteiger partial charge in [0.1, 0.15) is 11.9 Å². The minimum atomic E-state index is -0.390. The third-order valence-electron chi connectivity index (χ3n) is 7.47. The van der Waals surface area contributed by atoms with E-state index < -0.39 is 0 Å². The fourth-order valence-corrected chi connectivity index (χ4v) is 5.92. The van der Waals surface area contributed by atoms with Crippen LogP contribution in [-0.2, 0) is 4.74 Å². The van der Waals surface area contributed by atoms with Crippen LogP contribution in [0.1, 0.15) is 81.4 Å². The van der Waals surface area contributed by atoms with Crippen LogP contribution < -0.4 is 15.0 Å². The Kier molecular flexibility index (Phi) is 6.62. The number of nitrogens with one attached hydrogen (secondary N) is 1. The summed E-state index contributed by atoms with van der Waals surface area (Å²) >= 11 is 0. The molecule has 1 N–H and O–H groups in total. The van der Waals surface area contributed by atoms with Crippen LogP contribution in [0.5, 0.6) is 5.75 Å². The molecule has 0 spiro atoms. The van der Waals surface area contributed by atoms with Crippen LogP contribution in [0.15, 0.2) is 42.5 Å². The van der Waals surface area contributed by atoms with Crippen LogP contribution in [0.25, 0.3) is 0 Å². The van der Waals surface area contributed by atoms with Crippen molar-refractivity contribution in [2.24, 2.45) is 0 Å². The lowest BCUT2D eigenvalue weighted by Crippen LogP contribution is -2.35. The second-order valence-electron chi connectivity index (χ2n) is 9.61. The molecule has 2 fully saturated rings. The fourth-order valence-electron chi connectivity index (χ4n) is 5.92. The van der Waals surface area contributed by atoms with Crippen molar-refractivity contribution in [1.29, 1.82) is 5.26 Å². The smallest absolute Gasteiger partial charge is 0.411 e. The van der Waals surface area contributed by atoms with Crippen molar-refractivity contribution in [2.75, 3.05) is 16.8 Å². The van der Waals surface area contributed by atoms with Crippen molar-refractivity contribution < 1.29 is 14.3 Å². The van der Waals surface area contributed by atoms with Crippen LogP contribution in [0, 0.1) is 11.3 Å². The Morgan fingerprint density at radius 1 is 1.06 bits per heavy atom. The fraction of sp³-hybridized carbons (Fsp3) is 0.500. The first-order valence-electron chi connectivity index (χ1n) is 12.7. The normalized spacial score (nSPS) is 22.4. The van der Waals surface area contributed by atoms with E-state index in [2.05, 4.69) is 28.4 Å². The van der Waals surface area contributed by atoms with Gasteiger partial charge in [-0.25, -0.2) is 4.79 Å². The number of fused-ring (bicyclic) bond motifs is 1. The van der Waals surface area contributed by atoms with Crippen molar-refractivity contribution >= 4 is 17.5 Å². The van der Waals surface area contributed by atoms with Gasteiger partial charge in [0.2, 0.25) is 0 Å². The topological polar surface area (TPSA) is 74.6 Å². The lowest BCUT2D eigenvalue weighted by Gasteiger charge is -2.34. The van der Waals surface area contributed by atoms with Crippen LogP contribution in [0.4, 0.5) is 16.2 Å². The summed E-state index contributed by atoms with van der Waals surface area (Å²) in [5.74, 6) is 0.597. The number of nitrogens with zero attached hydrogens (tertiary/aromatic N) is 2. The van der Waals surface area contributed by atoms with Gasteiger partial charge >= 0.3 is 6.09 Å². The molecule has 5 rings (SSSR count). The second kappa shape index (κ2) is 9.97. The number of anilines is 2. The number of benzene rings is 2. The molecule has 2 aromatic carbocycles. The van der Waals surface area contributed by atoms with E-state index in [0.717, 1.165) is 61.1 Å². The molecule has 1 amide bonds. The Bertz CT molecular complexity index is 1050. The summed E-state index contributed by atoms with van der Waals surface area (Å²) in [7, 11) is 0. The standard InChI is InChI=1S/C28H33N3O3/c1-2-33-23-15-16-24-25(18-29)27(31(26(24)17-23)21-7-3-4-8-21)19-11-13-20(14-12-19)30-28(32)34-22-9-5-6-10-22/h11-17,21-22,25,27H,2-10H2,1H3,(H,30,32). The van der Waals surface area contributed by atoms with Gasteiger partial charge in [-0.3, -0.25) is 5.32 Å². The molecule has 0 bridgehead atoms. The summed E-state index contributed by atoms with van der Waals surface area (Å²) in [4.78, 5) is 14.7. The van der Waals surface area contributed by atoms with Crippen molar-refractivity contribution in [2.45, 2.75) is 82.4 Å². The van der Waals surface area contributed by atoms with Gasteiger partial charge in [0, 0.05) is 23.5 Å². The maximum Gasteiger partial charge on any atom is 0.411 e. The highest BCUT2D eigenvalue weighted by Gasteiger charge is 2.43. The first-order valence-corrected chi connectivity index (χ1v) is 12.7. The lowest BCUT2D eigenvalue weighted by molar-refractivity contribution is 0.114. The highest BCUT2D eigenvalue weighted by atomic mass is 16.6. The van der Waals surface area contributed by atoms with Gasteiger partial charge in [-0.15, -0.1) is 0 Å². The number of rotatable bonds is 6. The van der Waals surface area contributed by atoms with Gasteiger partial charge < -0.3 is 14.4 Å². The van der Waals surface area contributed by atoms with Crippen LogP contribution in [0.3, 0.4) is 0 Å². The molecule has 2 saturated carbocycles. The Balaban J connectivity index is 1.40. The number of amides is 1. The van der Waals surface area contributed by atoms with E-state index in [-0.39, 0.29) is 24.2 Å². The molecule has 3 aliphatic rings. The second-order valence-corrected chi connectivity index (χ2v) is 9.61. The number of ether oxygens (including phenoxy) is 2. The van der Waals surface area contributed by atoms with Crippen LogP contribution >= 0.6 is 0 Å². The molecule has 34 heavy (non-hydrogen) atoms. The Morgan fingerprint density at radius 2 is 1.76 bits per heavy atom. The van der Waals surface area contributed by atoms with Gasteiger partial charge in [0.15, 0.2) is 0 Å². The molecule has 0 aromatic heterocycles. The monoisotopic (exact) mass is 459 g/mol. The van der Waals surface area contributed by atoms with Crippen molar-refractivity contribution in [3.05, 3.63) is 53.6 Å². The van der Waals surface area contributed by atoms with Gasteiger partial charge in [0.25, 0.3) is 0 Å². The van der Waals surface area contributed by atoms with Gasteiger partial charge in [-0.1, -0.05) is 31.0 Å². The predicted octanol–water partition coefficient (Wildman–Crippen LogP) is 6.69. The number of hydrogen-bond donors (Lipinski definition) is 1. The molecular formula is C28H33N3O3. The summed E-state index contributed by atoms with van der Waals surface area (Å²) in [6.45, 7) is 2.60. The van der Waals surface area contributed by atoms with Gasteiger partial charge in [-0.2, -0.15) is 5.26 Å². The van der Waals surface area contributed by atoms with Crippen LogP contribution in [-0.4, -0.2) is 24.8 Å². The maximum atomic E-state index is 12.3. The molecule has 1 aliphatic heterocycles. The first kappa shape index (κ1) is 22.6. The minimum absolute atomic E-state index is 0.0363. The van der Waals surface area contributed by atoms with Crippen LogP contribution in [0.2, 0.25) is 0 Å². The average Bonchev–Trinajstić information content (AvgIpc) is 3.60. The minimum Gasteiger partial charge on any atom is -0.494 e. The highest BCUT2D eigenvalue weighted by Crippen LogP contribution is 2.52. The molecule has 1 heterocycles. The largest absolute Gasteiger partial charge is 0.494 e. The van der Waals surface area contributed by atoms with Crippen molar-refractivity contribution in [3.8, 4) is 11.8 Å². The SMILES string of the molecule is CCOc1ccc2c(c1)N(C1CCCC1)C(c1ccc(NC(=O)OC3CCCC3)cc1)C2C#N.